The molecule has 0 bridgehead atoms. The van der Waals surface area contributed by atoms with Crippen molar-refractivity contribution < 1.29 is 9.90 Å². The van der Waals surface area contributed by atoms with Gasteiger partial charge in [0.05, 0.1) is 6.04 Å². The minimum absolute atomic E-state index is 0.0739. The van der Waals surface area contributed by atoms with E-state index in [1.165, 1.54) is 0 Å². The smallest absolute Gasteiger partial charge is 0.320 e. The van der Waals surface area contributed by atoms with E-state index in [0.717, 1.165) is 25.2 Å². The maximum Gasteiger partial charge on any atom is 0.320 e. The van der Waals surface area contributed by atoms with E-state index in [9.17, 15) is 4.79 Å². The van der Waals surface area contributed by atoms with Crippen LogP contribution in [0, 0.1) is 0 Å². The number of carbonyl (C=O) groups is 1. The fraction of sp³-hybridized carbons (Fsp3) is 0.636. The van der Waals surface area contributed by atoms with Crippen LogP contribution in [0.5, 0.6) is 0 Å². The molecule has 16 heavy (non-hydrogen) atoms. The molecule has 0 spiro atoms. The van der Waals surface area contributed by atoms with E-state index in [-0.39, 0.29) is 6.04 Å². The number of carboxylic acid groups (broad SMARTS) is 1. The summed E-state index contributed by atoms with van der Waals surface area (Å²) in [6.45, 7) is 2.92. The minimum Gasteiger partial charge on any atom is -0.480 e. The van der Waals surface area contributed by atoms with Gasteiger partial charge in [0.2, 0.25) is 0 Å². The van der Waals surface area contributed by atoms with Crippen molar-refractivity contribution in [3.63, 3.8) is 0 Å². The molecule has 2 rings (SSSR count). The summed E-state index contributed by atoms with van der Waals surface area (Å²) < 4.78 is 2.06. The number of aromatic nitrogens is 2. The first-order valence-electron chi connectivity index (χ1n) is 5.72. The lowest BCUT2D eigenvalue weighted by Gasteiger charge is -2.28. The molecule has 1 aromatic rings. The average Bonchev–Trinajstić information content (AvgIpc) is 2.77. The molecule has 0 radical (unpaired) electrons. The van der Waals surface area contributed by atoms with Crippen LogP contribution in [0.2, 0.25) is 0 Å². The Kier molecular flexibility index (Phi) is 3.24. The van der Waals surface area contributed by atoms with Crippen molar-refractivity contribution in [3.8, 4) is 0 Å². The number of rotatable bonds is 3. The van der Waals surface area contributed by atoms with E-state index >= 15 is 0 Å². The molecule has 1 aliphatic rings. The standard InChI is InChI=1S/C11H17N3O2/c1-2-14-7-6-12-10(14)8-4-3-5-9(13-8)11(15)16/h6-9,13H,2-5H2,1H3,(H,15,16). The number of carboxylic acids is 1. The van der Waals surface area contributed by atoms with Gasteiger partial charge in [0.25, 0.3) is 0 Å². The fourth-order valence-corrected chi connectivity index (χ4v) is 2.23. The topological polar surface area (TPSA) is 67.2 Å². The molecule has 1 fully saturated rings. The Morgan fingerprint density at radius 3 is 3.19 bits per heavy atom. The molecule has 2 atom stereocenters. The van der Waals surface area contributed by atoms with Gasteiger partial charge in [-0.3, -0.25) is 10.1 Å². The van der Waals surface area contributed by atoms with Gasteiger partial charge in [-0.25, -0.2) is 4.98 Å². The summed E-state index contributed by atoms with van der Waals surface area (Å²) >= 11 is 0. The van der Waals surface area contributed by atoms with Crippen molar-refractivity contribution >= 4 is 5.97 Å². The predicted molar refractivity (Wildman–Crippen MR) is 59.1 cm³/mol. The number of hydrogen-bond acceptors (Lipinski definition) is 3. The van der Waals surface area contributed by atoms with Crippen molar-refractivity contribution in [2.75, 3.05) is 0 Å². The summed E-state index contributed by atoms with van der Waals surface area (Å²) in [5.74, 6) is 0.188. The number of aliphatic carboxylic acids is 1. The average molecular weight is 223 g/mol. The summed E-state index contributed by atoms with van der Waals surface area (Å²) in [6.07, 6.45) is 6.30. The maximum absolute atomic E-state index is 10.9. The molecule has 2 N–H and O–H groups in total. The second-order valence-corrected chi connectivity index (χ2v) is 4.11. The Morgan fingerprint density at radius 1 is 1.69 bits per heavy atom. The number of aryl methyl sites for hydroxylation is 1. The van der Waals surface area contributed by atoms with Crippen LogP contribution in [0.15, 0.2) is 12.4 Å². The van der Waals surface area contributed by atoms with Crippen molar-refractivity contribution in [2.24, 2.45) is 0 Å². The zero-order chi connectivity index (χ0) is 11.5. The molecule has 88 valence electrons. The van der Waals surface area contributed by atoms with E-state index in [1.54, 1.807) is 6.20 Å². The van der Waals surface area contributed by atoms with Gasteiger partial charge in [0.15, 0.2) is 0 Å². The van der Waals surface area contributed by atoms with Crippen LogP contribution in [-0.2, 0) is 11.3 Å². The molecule has 1 aliphatic heterocycles. The maximum atomic E-state index is 10.9. The minimum atomic E-state index is -0.765. The first-order chi connectivity index (χ1) is 7.72. The molecule has 0 saturated carbocycles. The normalized spacial score (nSPS) is 25.6. The molecule has 1 saturated heterocycles. The van der Waals surface area contributed by atoms with Gasteiger partial charge in [-0.2, -0.15) is 0 Å². The molecule has 1 aromatic heterocycles. The second kappa shape index (κ2) is 4.65. The van der Waals surface area contributed by atoms with Crippen molar-refractivity contribution in [3.05, 3.63) is 18.2 Å². The molecule has 2 unspecified atom stereocenters. The van der Waals surface area contributed by atoms with E-state index in [2.05, 4.69) is 21.8 Å². The summed E-state index contributed by atoms with van der Waals surface area (Å²) in [7, 11) is 0. The van der Waals surface area contributed by atoms with Gasteiger partial charge in [0, 0.05) is 18.9 Å². The van der Waals surface area contributed by atoms with E-state index in [1.807, 2.05) is 6.20 Å². The highest BCUT2D eigenvalue weighted by Gasteiger charge is 2.28. The van der Waals surface area contributed by atoms with Crippen LogP contribution < -0.4 is 5.32 Å². The third-order valence-electron chi connectivity index (χ3n) is 3.09. The number of imidazole rings is 1. The molecule has 5 nitrogen and oxygen atoms in total. The van der Waals surface area contributed by atoms with Crippen LogP contribution >= 0.6 is 0 Å². The molecule has 2 heterocycles. The van der Waals surface area contributed by atoms with Gasteiger partial charge in [-0.05, 0) is 26.2 Å². The van der Waals surface area contributed by atoms with Crippen LogP contribution in [0.3, 0.4) is 0 Å². The third-order valence-corrected chi connectivity index (χ3v) is 3.09. The highest BCUT2D eigenvalue weighted by atomic mass is 16.4. The quantitative estimate of drug-likeness (QED) is 0.807. The Morgan fingerprint density at radius 2 is 2.50 bits per heavy atom. The number of hydrogen-bond donors (Lipinski definition) is 2. The highest BCUT2D eigenvalue weighted by molar-refractivity contribution is 5.73. The summed E-state index contributed by atoms with van der Waals surface area (Å²) in [5.41, 5.74) is 0. The van der Waals surface area contributed by atoms with Gasteiger partial charge >= 0.3 is 5.97 Å². The number of nitrogens with zero attached hydrogens (tertiary/aromatic N) is 2. The predicted octanol–water partition coefficient (Wildman–Crippen LogP) is 1.17. The summed E-state index contributed by atoms with van der Waals surface area (Å²) in [4.78, 5) is 15.2. The lowest BCUT2D eigenvalue weighted by Crippen LogP contribution is -2.43. The Hall–Kier alpha value is -1.36. The number of piperidine rings is 1. The molecular weight excluding hydrogens is 206 g/mol. The third kappa shape index (κ3) is 2.09. The van der Waals surface area contributed by atoms with Crippen LogP contribution in [0.25, 0.3) is 0 Å². The monoisotopic (exact) mass is 223 g/mol. The molecular formula is C11H17N3O2. The largest absolute Gasteiger partial charge is 0.480 e. The first-order valence-corrected chi connectivity index (χ1v) is 5.72. The van der Waals surface area contributed by atoms with Crippen LogP contribution in [0.1, 0.15) is 38.1 Å². The lowest BCUT2D eigenvalue weighted by molar-refractivity contribution is -0.140. The van der Waals surface area contributed by atoms with Gasteiger partial charge in [-0.1, -0.05) is 0 Å². The lowest BCUT2D eigenvalue weighted by atomic mass is 9.98. The Balaban J connectivity index is 2.12. The van der Waals surface area contributed by atoms with Crippen LogP contribution in [-0.4, -0.2) is 26.7 Å². The number of nitrogens with one attached hydrogen (secondary N) is 1. The van der Waals surface area contributed by atoms with Crippen molar-refractivity contribution in [1.29, 1.82) is 0 Å². The molecule has 0 aromatic carbocycles. The Labute approximate surface area is 94.5 Å². The van der Waals surface area contributed by atoms with Gasteiger partial charge in [-0.15, -0.1) is 0 Å². The van der Waals surface area contributed by atoms with Gasteiger partial charge < -0.3 is 9.67 Å². The van der Waals surface area contributed by atoms with Crippen molar-refractivity contribution in [1.82, 2.24) is 14.9 Å². The molecule has 5 heteroatoms. The Bertz CT molecular complexity index is 375. The summed E-state index contributed by atoms with van der Waals surface area (Å²) in [5, 5.41) is 12.1. The summed E-state index contributed by atoms with van der Waals surface area (Å²) in [6, 6.07) is -0.356. The van der Waals surface area contributed by atoms with E-state index in [0.29, 0.717) is 6.42 Å². The molecule has 0 amide bonds. The van der Waals surface area contributed by atoms with Crippen LogP contribution in [0.4, 0.5) is 0 Å². The first kappa shape index (κ1) is 11.1. The van der Waals surface area contributed by atoms with E-state index in [4.69, 9.17) is 5.11 Å². The zero-order valence-corrected chi connectivity index (χ0v) is 9.39. The second-order valence-electron chi connectivity index (χ2n) is 4.11. The van der Waals surface area contributed by atoms with Gasteiger partial charge in [0.1, 0.15) is 11.9 Å². The van der Waals surface area contributed by atoms with Crippen molar-refractivity contribution in [2.45, 2.75) is 44.8 Å². The SMILES string of the molecule is CCn1ccnc1C1CCCC(C(=O)O)N1. The van der Waals surface area contributed by atoms with E-state index < -0.39 is 12.0 Å². The molecule has 0 aliphatic carbocycles. The fourth-order valence-electron chi connectivity index (χ4n) is 2.23. The highest BCUT2D eigenvalue weighted by Crippen LogP contribution is 2.24. The zero-order valence-electron chi connectivity index (χ0n) is 9.39.